The molecule has 5 rings (SSSR count). The van der Waals surface area contributed by atoms with E-state index < -0.39 is 0 Å². The number of fused-ring (bicyclic) bond motifs is 4. The summed E-state index contributed by atoms with van der Waals surface area (Å²) < 4.78 is 4.82. The molecule has 0 saturated carbocycles. The second kappa shape index (κ2) is 8.65. The van der Waals surface area contributed by atoms with E-state index in [0.717, 1.165) is 19.3 Å². The van der Waals surface area contributed by atoms with Gasteiger partial charge < -0.3 is 0 Å². The van der Waals surface area contributed by atoms with Crippen molar-refractivity contribution in [3.8, 4) is 16.9 Å². The van der Waals surface area contributed by atoms with E-state index in [0.29, 0.717) is 0 Å². The van der Waals surface area contributed by atoms with E-state index >= 15 is 0 Å². The summed E-state index contributed by atoms with van der Waals surface area (Å²) in [5.41, 5.74) is 6.93. The van der Waals surface area contributed by atoms with Gasteiger partial charge in [0.15, 0.2) is 24.1 Å². The van der Waals surface area contributed by atoms with E-state index in [9.17, 15) is 0 Å². The predicted molar refractivity (Wildman–Crippen MR) is 141 cm³/mol. The summed E-state index contributed by atoms with van der Waals surface area (Å²) in [6.07, 6.45) is 12.6. The van der Waals surface area contributed by atoms with Crippen molar-refractivity contribution < 1.29 is 9.13 Å². The van der Waals surface area contributed by atoms with Gasteiger partial charge >= 0.3 is 0 Å². The Morgan fingerprint density at radius 1 is 0.824 bits per heavy atom. The minimum Gasteiger partial charge on any atom is -0.192 e. The molecule has 1 aliphatic rings. The predicted octanol–water partition coefficient (Wildman–Crippen LogP) is 7.22. The lowest BCUT2D eigenvalue weighted by Gasteiger charge is -2.45. The van der Waals surface area contributed by atoms with Gasteiger partial charge in [0.25, 0.3) is 0 Å². The number of aryl methyl sites for hydroxylation is 1. The quantitative estimate of drug-likeness (QED) is 0.274. The molecule has 0 amide bonds. The monoisotopic (exact) mass is 450 g/mol. The molecule has 0 saturated heterocycles. The molecule has 3 heterocycles. The zero-order valence-corrected chi connectivity index (χ0v) is 21.4. The van der Waals surface area contributed by atoms with Crippen LogP contribution in [0.3, 0.4) is 0 Å². The van der Waals surface area contributed by atoms with Crippen molar-refractivity contribution in [2.24, 2.45) is 0 Å². The maximum atomic E-state index is 2.54. The lowest BCUT2D eigenvalue weighted by Crippen LogP contribution is -2.67. The molecule has 0 N–H and O–H groups in total. The molecule has 2 unspecified atom stereocenters. The van der Waals surface area contributed by atoms with Crippen LogP contribution in [0, 0.1) is 0 Å². The van der Waals surface area contributed by atoms with E-state index in [2.05, 4.69) is 123 Å². The third-order valence-corrected chi connectivity index (χ3v) is 8.86. The van der Waals surface area contributed by atoms with Crippen molar-refractivity contribution in [1.29, 1.82) is 0 Å². The van der Waals surface area contributed by atoms with E-state index in [1.165, 1.54) is 51.7 Å². The molecule has 0 spiro atoms. The second-order valence-electron chi connectivity index (χ2n) is 10.4. The van der Waals surface area contributed by atoms with Crippen LogP contribution in [0.4, 0.5) is 0 Å². The Labute approximate surface area is 204 Å². The number of hydrogen-bond acceptors (Lipinski definition) is 0. The van der Waals surface area contributed by atoms with Crippen LogP contribution in [0.1, 0.15) is 71.4 Å². The van der Waals surface area contributed by atoms with Gasteiger partial charge in [-0.1, -0.05) is 45.4 Å². The van der Waals surface area contributed by atoms with Crippen molar-refractivity contribution in [2.75, 3.05) is 0 Å². The highest BCUT2D eigenvalue weighted by molar-refractivity contribution is 5.84. The van der Waals surface area contributed by atoms with Crippen LogP contribution in [0.2, 0.25) is 0 Å². The van der Waals surface area contributed by atoms with Crippen molar-refractivity contribution in [1.82, 2.24) is 0 Å². The normalized spacial score (nSPS) is 21.3. The van der Waals surface area contributed by atoms with Crippen LogP contribution < -0.4 is 9.13 Å². The molecule has 2 aromatic heterocycles. The Kier molecular flexibility index (Phi) is 5.80. The number of aromatic nitrogens is 2. The molecule has 2 heteroatoms. The topological polar surface area (TPSA) is 7.76 Å². The second-order valence-corrected chi connectivity index (χ2v) is 10.4. The molecule has 1 aliphatic heterocycles. The van der Waals surface area contributed by atoms with E-state index in [1.54, 1.807) is 0 Å². The summed E-state index contributed by atoms with van der Waals surface area (Å²) in [4.78, 5) is 0. The number of nitrogens with zero attached hydrogens (tertiary/aromatic N) is 2. The molecular formula is C32H38N2+2. The molecule has 2 nitrogen and oxygen atoms in total. The van der Waals surface area contributed by atoms with Crippen LogP contribution in [0.15, 0.2) is 79.3 Å². The summed E-state index contributed by atoms with van der Waals surface area (Å²) >= 11 is 0. The third kappa shape index (κ3) is 3.30. The van der Waals surface area contributed by atoms with Crippen LogP contribution >= 0.6 is 0 Å². The highest BCUT2D eigenvalue weighted by atomic mass is 15.1. The number of rotatable bonds is 6. The average molecular weight is 451 g/mol. The van der Waals surface area contributed by atoms with Crippen molar-refractivity contribution >= 4 is 10.8 Å². The van der Waals surface area contributed by atoms with Crippen LogP contribution in [-0.4, -0.2) is 0 Å². The minimum atomic E-state index is 0.0395. The van der Waals surface area contributed by atoms with Gasteiger partial charge in [0.05, 0.1) is 11.0 Å². The zero-order chi connectivity index (χ0) is 23.9. The Bertz CT molecular complexity index is 1350. The SMILES string of the molecule is CCCCc1cccc2c[n+](-c3ccc4c(c3)-c3cccc[n+]3C(C)(CC)C4(C)CC)ccc12. The molecule has 2 atom stereocenters. The molecule has 4 aromatic rings. The lowest BCUT2D eigenvalue weighted by atomic mass is 9.60. The van der Waals surface area contributed by atoms with Gasteiger partial charge in [0.2, 0.25) is 11.4 Å². The Hall–Kier alpha value is -3.00. The fourth-order valence-electron chi connectivity index (χ4n) is 6.21. The van der Waals surface area contributed by atoms with Gasteiger partial charge in [-0.2, -0.15) is 9.13 Å². The smallest absolute Gasteiger partial charge is 0.192 e. The Balaban J connectivity index is 1.66. The largest absolute Gasteiger partial charge is 0.213 e. The minimum absolute atomic E-state index is 0.0395. The van der Waals surface area contributed by atoms with Gasteiger partial charge in [-0.05, 0) is 54.8 Å². The summed E-state index contributed by atoms with van der Waals surface area (Å²) in [5, 5.41) is 2.68. The van der Waals surface area contributed by atoms with Crippen LogP contribution in [-0.2, 0) is 17.4 Å². The molecule has 0 aliphatic carbocycles. The van der Waals surface area contributed by atoms with Gasteiger partial charge in [-0.15, -0.1) is 0 Å². The van der Waals surface area contributed by atoms with Crippen molar-refractivity contribution in [2.45, 2.75) is 77.7 Å². The van der Waals surface area contributed by atoms with Gasteiger partial charge in [-0.3, -0.25) is 0 Å². The molecular weight excluding hydrogens is 412 g/mol. The highest BCUT2D eigenvalue weighted by Gasteiger charge is 2.56. The number of hydrogen-bond donors (Lipinski definition) is 0. The molecule has 2 aromatic carbocycles. The first-order valence-corrected chi connectivity index (χ1v) is 13.1. The molecule has 34 heavy (non-hydrogen) atoms. The molecule has 174 valence electrons. The standard InChI is InChI=1S/C32H38N2/c1-6-9-13-24-14-12-15-25-23-33(21-19-27(24)25)26-17-18-29-28(22-26)30-16-10-11-20-34(30)32(5,8-3)31(29,4)7-2/h10-12,14-23H,6-9,13H2,1-5H3/q+2. The summed E-state index contributed by atoms with van der Waals surface area (Å²) in [6.45, 7) is 11.8. The van der Waals surface area contributed by atoms with E-state index in [4.69, 9.17) is 0 Å². The van der Waals surface area contributed by atoms with E-state index in [1.807, 2.05) is 0 Å². The Morgan fingerprint density at radius 2 is 1.68 bits per heavy atom. The van der Waals surface area contributed by atoms with Crippen molar-refractivity contribution in [3.05, 3.63) is 90.4 Å². The maximum Gasteiger partial charge on any atom is 0.213 e. The third-order valence-electron chi connectivity index (χ3n) is 8.86. The van der Waals surface area contributed by atoms with E-state index in [-0.39, 0.29) is 11.0 Å². The fourth-order valence-corrected chi connectivity index (χ4v) is 6.21. The lowest BCUT2D eigenvalue weighted by molar-refractivity contribution is -0.765. The average Bonchev–Trinajstić information content (AvgIpc) is 2.89. The molecule has 0 bridgehead atoms. The highest BCUT2D eigenvalue weighted by Crippen LogP contribution is 2.49. The maximum absolute atomic E-state index is 2.54. The fraction of sp³-hybridized carbons (Fsp3) is 0.375. The molecule has 0 fully saturated rings. The first kappa shape index (κ1) is 22.8. The Morgan fingerprint density at radius 3 is 2.44 bits per heavy atom. The first-order valence-electron chi connectivity index (χ1n) is 13.1. The first-order chi connectivity index (χ1) is 16.5. The number of unbranched alkanes of at least 4 members (excludes halogenated alkanes) is 1. The van der Waals surface area contributed by atoms with Gasteiger partial charge in [0, 0.05) is 49.1 Å². The number of benzene rings is 2. The van der Waals surface area contributed by atoms with Crippen LogP contribution in [0.25, 0.3) is 27.7 Å². The van der Waals surface area contributed by atoms with Gasteiger partial charge in [0.1, 0.15) is 0 Å². The molecule has 0 radical (unpaired) electrons. The summed E-state index contributed by atoms with van der Waals surface area (Å²) in [6, 6.07) is 22.8. The van der Waals surface area contributed by atoms with Gasteiger partial charge in [-0.25, -0.2) is 0 Å². The van der Waals surface area contributed by atoms with Crippen molar-refractivity contribution in [3.63, 3.8) is 0 Å². The zero-order valence-electron chi connectivity index (χ0n) is 21.4. The number of pyridine rings is 2. The summed E-state index contributed by atoms with van der Waals surface area (Å²) in [7, 11) is 0. The van der Waals surface area contributed by atoms with Crippen LogP contribution in [0.5, 0.6) is 0 Å². The summed E-state index contributed by atoms with van der Waals surface area (Å²) in [5.74, 6) is 0.